The zero-order valence-corrected chi connectivity index (χ0v) is 19.3. The molecule has 0 aromatic heterocycles. The number of halogens is 1. The number of nitrogens with zero attached hydrogens (tertiary/aromatic N) is 3. The number of hydrogen-bond donors (Lipinski definition) is 0. The van der Waals surface area contributed by atoms with Crippen molar-refractivity contribution in [2.75, 3.05) is 33.3 Å². The Morgan fingerprint density at radius 1 is 1.00 bits per heavy atom. The van der Waals surface area contributed by atoms with Gasteiger partial charge >= 0.3 is 0 Å². The third-order valence-corrected chi connectivity index (χ3v) is 6.18. The molecule has 5 rings (SSSR count). The van der Waals surface area contributed by atoms with E-state index in [1.807, 2.05) is 43.3 Å². The van der Waals surface area contributed by atoms with E-state index < -0.39 is 5.82 Å². The van der Waals surface area contributed by atoms with Crippen molar-refractivity contribution >= 4 is 17.4 Å². The molecular formula is C27H26FN3O3. The Kier molecular flexibility index (Phi) is 5.92. The minimum absolute atomic E-state index is 0.109. The van der Waals surface area contributed by atoms with Crippen molar-refractivity contribution in [2.24, 2.45) is 4.99 Å². The van der Waals surface area contributed by atoms with Crippen molar-refractivity contribution in [3.63, 3.8) is 0 Å². The van der Waals surface area contributed by atoms with E-state index in [0.29, 0.717) is 43.4 Å². The molecule has 0 saturated carbocycles. The summed E-state index contributed by atoms with van der Waals surface area (Å²) in [5.41, 5.74) is 2.81. The van der Waals surface area contributed by atoms with E-state index in [1.54, 1.807) is 24.1 Å². The number of fused-ring (bicyclic) bond motifs is 2. The number of aryl methyl sites for hydroxylation is 1. The van der Waals surface area contributed by atoms with Crippen LogP contribution in [0.25, 0.3) is 0 Å². The molecule has 2 aliphatic heterocycles. The van der Waals surface area contributed by atoms with Gasteiger partial charge in [-0.3, -0.25) is 4.79 Å². The fourth-order valence-corrected chi connectivity index (χ4v) is 4.37. The van der Waals surface area contributed by atoms with E-state index in [4.69, 9.17) is 14.5 Å². The molecule has 1 amide bonds. The topological polar surface area (TPSA) is 54.4 Å². The lowest BCUT2D eigenvalue weighted by Crippen LogP contribution is -2.38. The van der Waals surface area contributed by atoms with Gasteiger partial charge < -0.3 is 19.3 Å². The molecule has 3 aromatic carbocycles. The first-order chi connectivity index (χ1) is 16.5. The second-order valence-corrected chi connectivity index (χ2v) is 8.48. The number of rotatable bonds is 2. The van der Waals surface area contributed by atoms with E-state index >= 15 is 0 Å². The second kappa shape index (κ2) is 9.17. The van der Waals surface area contributed by atoms with Crippen molar-refractivity contribution in [1.82, 2.24) is 9.80 Å². The van der Waals surface area contributed by atoms with Crippen molar-refractivity contribution in [1.29, 1.82) is 0 Å². The average molecular weight is 460 g/mol. The Labute approximate surface area is 198 Å². The molecule has 2 aliphatic rings. The molecule has 0 spiro atoms. The van der Waals surface area contributed by atoms with Crippen LogP contribution < -0.4 is 9.47 Å². The summed E-state index contributed by atoms with van der Waals surface area (Å²) in [5.74, 6) is 2.08. The van der Waals surface area contributed by atoms with E-state index in [-0.39, 0.29) is 11.5 Å². The standard InChI is InChI=1S/C27H26FN3O3/c1-18-8-11-23-25(16-18)34-24-17-19(33-2)9-10-21(24)26(29-23)30-12-5-13-31(15-14-30)27(32)20-6-3-4-7-22(20)28/h3-4,6-11,16-17H,5,12-15H2,1-2H3. The maximum absolute atomic E-state index is 14.2. The minimum Gasteiger partial charge on any atom is -0.497 e. The van der Waals surface area contributed by atoms with Crippen molar-refractivity contribution in [3.05, 3.63) is 83.2 Å². The summed E-state index contributed by atoms with van der Waals surface area (Å²) in [4.78, 5) is 21.9. The summed E-state index contributed by atoms with van der Waals surface area (Å²) in [5, 5.41) is 0. The second-order valence-electron chi connectivity index (χ2n) is 8.48. The van der Waals surface area contributed by atoms with Crippen LogP contribution >= 0.6 is 0 Å². The molecule has 0 atom stereocenters. The third kappa shape index (κ3) is 4.21. The van der Waals surface area contributed by atoms with Crippen LogP contribution in [0, 0.1) is 12.7 Å². The molecule has 7 heteroatoms. The van der Waals surface area contributed by atoms with E-state index in [0.717, 1.165) is 29.1 Å². The molecule has 1 fully saturated rings. The van der Waals surface area contributed by atoms with Gasteiger partial charge in [0.25, 0.3) is 5.91 Å². The number of carbonyl (C=O) groups is 1. The first-order valence-corrected chi connectivity index (χ1v) is 11.4. The molecule has 2 heterocycles. The van der Waals surface area contributed by atoms with Gasteiger partial charge in [-0.05, 0) is 55.3 Å². The van der Waals surface area contributed by atoms with Gasteiger partial charge in [0.15, 0.2) is 5.75 Å². The Morgan fingerprint density at radius 3 is 2.68 bits per heavy atom. The molecular weight excluding hydrogens is 433 g/mol. The van der Waals surface area contributed by atoms with Gasteiger partial charge in [-0.2, -0.15) is 0 Å². The third-order valence-electron chi connectivity index (χ3n) is 6.18. The normalized spacial score (nSPS) is 15.3. The smallest absolute Gasteiger partial charge is 0.256 e. The first kappa shape index (κ1) is 21.9. The average Bonchev–Trinajstić information content (AvgIpc) is 3.18. The number of methoxy groups -OCH3 is 1. The van der Waals surface area contributed by atoms with Gasteiger partial charge in [0.1, 0.15) is 28.8 Å². The van der Waals surface area contributed by atoms with Crippen LogP contribution in [0.4, 0.5) is 10.1 Å². The van der Waals surface area contributed by atoms with Crippen LogP contribution in [-0.2, 0) is 0 Å². The summed E-state index contributed by atoms with van der Waals surface area (Å²) in [6, 6.07) is 17.8. The van der Waals surface area contributed by atoms with E-state index in [9.17, 15) is 9.18 Å². The summed E-state index contributed by atoms with van der Waals surface area (Å²) in [6.45, 7) is 4.33. The Bertz CT molecular complexity index is 1270. The summed E-state index contributed by atoms with van der Waals surface area (Å²) >= 11 is 0. The predicted octanol–water partition coefficient (Wildman–Crippen LogP) is 5.17. The van der Waals surface area contributed by atoms with E-state index in [1.165, 1.54) is 12.1 Å². The van der Waals surface area contributed by atoms with Gasteiger partial charge in [-0.15, -0.1) is 0 Å². The molecule has 6 nitrogen and oxygen atoms in total. The maximum Gasteiger partial charge on any atom is 0.256 e. The highest BCUT2D eigenvalue weighted by atomic mass is 19.1. The number of carbonyl (C=O) groups excluding carboxylic acids is 1. The molecule has 174 valence electrons. The predicted molar refractivity (Wildman–Crippen MR) is 129 cm³/mol. The van der Waals surface area contributed by atoms with Crippen LogP contribution in [0.2, 0.25) is 0 Å². The lowest BCUT2D eigenvalue weighted by molar-refractivity contribution is 0.0759. The van der Waals surface area contributed by atoms with Crippen molar-refractivity contribution in [2.45, 2.75) is 13.3 Å². The van der Waals surface area contributed by atoms with Gasteiger partial charge in [-0.25, -0.2) is 9.38 Å². The number of amides is 1. The molecule has 0 radical (unpaired) electrons. The van der Waals surface area contributed by atoms with Crippen LogP contribution in [-0.4, -0.2) is 54.8 Å². The summed E-state index contributed by atoms with van der Waals surface area (Å²) in [6.07, 6.45) is 0.742. The van der Waals surface area contributed by atoms with Gasteiger partial charge in [0.05, 0.1) is 18.2 Å². The molecule has 3 aromatic rings. The largest absolute Gasteiger partial charge is 0.497 e. The van der Waals surface area contributed by atoms with Gasteiger partial charge in [-0.1, -0.05) is 18.2 Å². The van der Waals surface area contributed by atoms with Crippen LogP contribution in [0.5, 0.6) is 17.2 Å². The summed E-state index contributed by atoms with van der Waals surface area (Å²) < 4.78 is 25.9. The number of hydrogen-bond acceptors (Lipinski definition) is 5. The van der Waals surface area contributed by atoms with Crippen LogP contribution in [0.1, 0.15) is 27.9 Å². The van der Waals surface area contributed by atoms with Gasteiger partial charge in [0, 0.05) is 32.2 Å². The Morgan fingerprint density at radius 2 is 1.85 bits per heavy atom. The number of benzene rings is 3. The highest BCUT2D eigenvalue weighted by Crippen LogP contribution is 2.40. The lowest BCUT2D eigenvalue weighted by atomic mass is 10.1. The first-order valence-electron chi connectivity index (χ1n) is 11.4. The Balaban J connectivity index is 1.47. The monoisotopic (exact) mass is 459 g/mol. The molecule has 1 saturated heterocycles. The SMILES string of the molecule is COc1ccc2c(c1)Oc1cc(C)ccc1N=C2N1CCCN(C(=O)c2ccccc2F)CC1. The number of aliphatic imine (C=N–C) groups is 1. The fraction of sp³-hybridized carbons (Fsp3) is 0.259. The lowest BCUT2D eigenvalue weighted by Gasteiger charge is -2.25. The Hall–Kier alpha value is -3.87. The van der Waals surface area contributed by atoms with E-state index in [2.05, 4.69) is 4.90 Å². The maximum atomic E-state index is 14.2. The molecule has 34 heavy (non-hydrogen) atoms. The number of ether oxygens (including phenoxy) is 2. The fourth-order valence-electron chi connectivity index (χ4n) is 4.37. The van der Waals surface area contributed by atoms with Crippen LogP contribution in [0.15, 0.2) is 65.7 Å². The highest BCUT2D eigenvalue weighted by Gasteiger charge is 2.27. The van der Waals surface area contributed by atoms with Gasteiger partial charge in [0.2, 0.25) is 0 Å². The zero-order valence-electron chi connectivity index (χ0n) is 19.3. The van der Waals surface area contributed by atoms with Crippen LogP contribution in [0.3, 0.4) is 0 Å². The zero-order chi connectivity index (χ0) is 23.7. The number of amidine groups is 1. The summed E-state index contributed by atoms with van der Waals surface area (Å²) in [7, 11) is 1.63. The van der Waals surface area contributed by atoms with Crippen molar-refractivity contribution in [3.8, 4) is 17.2 Å². The highest BCUT2D eigenvalue weighted by molar-refractivity contribution is 6.04. The quantitative estimate of drug-likeness (QED) is 0.530. The molecule has 0 N–H and O–H groups in total. The minimum atomic E-state index is -0.492. The molecule has 0 aliphatic carbocycles. The molecule has 0 unspecified atom stereocenters. The molecule has 0 bridgehead atoms. The van der Waals surface area contributed by atoms with Crippen molar-refractivity contribution < 1.29 is 18.7 Å².